The average Bonchev–Trinajstić information content (AvgIpc) is 3.79. The van der Waals surface area contributed by atoms with Gasteiger partial charge in [-0.2, -0.15) is 0 Å². The van der Waals surface area contributed by atoms with Gasteiger partial charge in [-0.05, 0) is 45.4 Å². The maximum Gasteiger partial charge on any atom is 2.00 e. The molecule has 5 heterocycles. The SMILES string of the molecule is CC(C)c1cccc(C(C)C)c1-c1cccc2c3ccc(Oc4[c-]c5c(cc4)c4cccnc4n4ccnc54)[c-]c3c3nccn3c12.[Pt+2]. The predicted molar refractivity (Wildman–Crippen MR) is 190 cm³/mol. The number of nitrogens with zero attached hydrogens (tertiary/aromatic N) is 5. The molecule has 0 radical (unpaired) electrons. The van der Waals surface area contributed by atoms with Gasteiger partial charge in [-0.25, -0.2) is 4.98 Å². The van der Waals surface area contributed by atoms with Crippen LogP contribution in [-0.4, -0.2) is 23.8 Å². The minimum absolute atomic E-state index is 0. The van der Waals surface area contributed by atoms with Crippen LogP contribution in [0.1, 0.15) is 50.7 Å². The predicted octanol–water partition coefficient (Wildman–Crippen LogP) is 10.3. The second-order valence-electron chi connectivity index (χ2n) is 12.8. The molecule has 7 heteroatoms. The molecule has 0 aliphatic rings. The molecule has 9 rings (SSSR count). The monoisotopic (exact) mass is 804 g/mol. The summed E-state index contributed by atoms with van der Waals surface area (Å²) in [6.45, 7) is 9.10. The summed E-state index contributed by atoms with van der Waals surface area (Å²) in [6, 6.07) is 32.6. The number of aromatic nitrogens is 5. The van der Waals surface area contributed by atoms with Crippen molar-refractivity contribution in [3.8, 4) is 22.6 Å². The van der Waals surface area contributed by atoms with Gasteiger partial charge in [-0.1, -0.05) is 116 Å². The van der Waals surface area contributed by atoms with Crippen molar-refractivity contribution in [2.24, 2.45) is 0 Å². The molecule has 0 fully saturated rings. The number of rotatable bonds is 5. The molecule has 9 aromatic rings. The first-order chi connectivity index (χ1) is 23.0. The van der Waals surface area contributed by atoms with E-state index in [1.165, 1.54) is 22.3 Å². The van der Waals surface area contributed by atoms with E-state index in [0.717, 1.165) is 54.8 Å². The summed E-state index contributed by atoms with van der Waals surface area (Å²) >= 11 is 0. The first-order valence-electron chi connectivity index (χ1n) is 16.1. The van der Waals surface area contributed by atoms with Gasteiger partial charge in [0.25, 0.3) is 0 Å². The number of fused-ring (bicyclic) bond motifs is 12. The summed E-state index contributed by atoms with van der Waals surface area (Å²) in [4.78, 5) is 14.1. The maximum absolute atomic E-state index is 6.45. The topological polar surface area (TPSA) is 56.7 Å². The zero-order valence-electron chi connectivity index (χ0n) is 26.9. The smallest absolute Gasteiger partial charge is 0.497 e. The van der Waals surface area contributed by atoms with Crippen LogP contribution in [0.2, 0.25) is 0 Å². The third-order valence-electron chi connectivity index (χ3n) is 9.30. The quantitative estimate of drug-likeness (QED) is 0.128. The van der Waals surface area contributed by atoms with E-state index in [9.17, 15) is 0 Å². The van der Waals surface area contributed by atoms with Crippen molar-refractivity contribution in [2.75, 3.05) is 0 Å². The number of imidazole rings is 2. The molecular weight excluding hydrogens is 774 g/mol. The van der Waals surface area contributed by atoms with Crippen LogP contribution in [0.25, 0.3) is 65.9 Å². The van der Waals surface area contributed by atoms with Gasteiger partial charge in [-0.3, -0.25) is 9.97 Å². The molecule has 0 spiro atoms. The number of benzene rings is 4. The van der Waals surface area contributed by atoms with Gasteiger partial charge in [0.05, 0.1) is 11.3 Å². The van der Waals surface area contributed by atoms with Gasteiger partial charge in [0.2, 0.25) is 0 Å². The summed E-state index contributed by atoms with van der Waals surface area (Å²) in [5.41, 5.74) is 8.91. The second-order valence-corrected chi connectivity index (χ2v) is 12.8. The standard InChI is InChI=1S/C41H31N5O.Pt/c1-24(2)28-8-5-9-29(25(3)4)37(28)34-11-6-10-32-30-15-13-26(22-35(30)40-43-18-20-45(40)38(32)34)47-27-14-16-31-33-12-7-17-42-39(33)46-21-19-44-41(46)36(31)23-27;/h5-21,24-25H,1-4H3;/q-2;+2. The van der Waals surface area contributed by atoms with E-state index in [0.29, 0.717) is 23.3 Å². The Balaban J connectivity index is 0.00000336. The average molecular weight is 805 g/mol. The van der Waals surface area contributed by atoms with Crippen LogP contribution >= 0.6 is 0 Å². The van der Waals surface area contributed by atoms with Crippen molar-refractivity contribution in [3.63, 3.8) is 0 Å². The molecule has 236 valence electrons. The van der Waals surface area contributed by atoms with Crippen LogP contribution in [0.3, 0.4) is 0 Å². The van der Waals surface area contributed by atoms with Crippen molar-refractivity contribution < 1.29 is 25.8 Å². The molecular formula is C41H31N5OPt. The Morgan fingerprint density at radius 1 is 0.562 bits per heavy atom. The van der Waals surface area contributed by atoms with Crippen LogP contribution in [-0.2, 0) is 21.1 Å². The Kier molecular flexibility index (Phi) is 7.30. The number of ether oxygens (including phenoxy) is 1. The Morgan fingerprint density at radius 2 is 1.12 bits per heavy atom. The molecule has 0 bridgehead atoms. The zero-order valence-corrected chi connectivity index (χ0v) is 29.2. The van der Waals surface area contributed by atoms with Crippen LogP contribution in [0.5, 0.6) is 11.5 Å². The first-order valence-corrected chi connectivity index (χ1v) is 16.1. The van der Waals surface area contributed by atoms with Gasteiger partial charge in [0.15, 0.2) is 0 Å². The van der Waals surface area contributed by atoms with Crippen LogP contribution < -0.4 is 4.74 Å². The fourth-order valence-corrected chi connectivity index (χ4v) is 7.20. The summed E-state index contributed by atoms with van der Waals surface area (Å²) in [7, 11) is 0. The molecule has 0 aliphatic heterocycles. The van der Waals surface area contributed by atoms with Gasteiger partial charge < -0.3 is 13.5 Å². The van der Waals surface area contributed by atoms with Crippen molar-refractivity contribution in [3.05, 3.63) is 127 Å². The summed E-state index contributed by atoms with van der Waals surface area (Å²) < 4.78 is 10.7. The third kappa shape index (κ3) is 4.54. The van der Waals surface area contributed by atoms with Crippen molar-refractivity contribution in [1.29, 1.82) is 0 Å². The molecule has 0 saturated heterocycles. The van der Waals surface area contributed by atoms with Crippen LogP contribution in [0.15, 0.2) is 104 Å². The molecule has 5 aromatic heterocycles. The first kappa shape index (κ1) is 30.3. The molecule has 4 aromatic carbocycles. The van der Waals surface area contributed by atoms with E-state index in [1.807, 2.05) is 35.0 Å². The van der Waals surface area contributed by atoms with Gasteiger partial charge in [0, 0.05) is 53.6 Å². The molecule has 0 atom stereocenters. The molecule has 0 unspecified atom stereocenters. The largest absolute Gasteiger partial charge is 2.00 e. The third-order valence-corrected chi connectivity index (χ3v) is 9.30. The number of hydrogen-bond acceptors (Lipinski definition) is 4. The van der Waals surface area contributed by atoms with Gasteiger partial charge >= 0.3 is 21.1 Å². The second kappa shape index (κ2) is 11.6. The number of hydrogen-bond donors (Lipinski definition) is 0. The Morgan fingerprint density at radius 3 is 1.79 bits per heavy atom. The van der Waals surface area contributed by atoms with Crippen molar-refractivity contribution in [2.45, 2.75) is 39.5 Å². The molecule has 0 N–H and O–H groups in total. The minimum atomic E-state index is 0. The van der Waals surface area contributed by atoms with E-state index in [-0.39, 0.29) is 21.1 Å². The fraction of sp³-hybridized carbons (Fsp3) is 0.146. The van der Waals surface area contributed by atoms with E-state index in [4.69, 9.17) is 9.72 Å². The van der Waals surface area contributed by atoms with E-state index in [2.05, 4.69) is 115 Å². The van der Waals surface area contributed by atoms with Crippen molar-refractivity contribution in [1.82, 2.24) is 23.8 Å². The maximum atomic E-state index is 6.45. The fourth-order valence-electron chi connectivity index (χ4n) is 7.20. The Hall–Kier alpha value is -5.06. The minimum Gasteiger partial charge on any atom is -0.497 e. The summed E-state index contributed by atoms with van der Waals surface area (Å²) in [6.07, 6.45) is 9.45. The molecule has 0 aliphatic carbocycles. The Bertz CT molecular complexity index is 2660. The van der Waals surface area contributed by atoms with E-state index in [1.54, 1.807) is 12.4 Å². The zero-order chi connectivity index (χ0) is 31.8. The van der Waals surface area contributed by atoms with Gasteiger partial charge in [0.1, 0.15) is 5.65 Å². The molecule has 6 nitrogen and oxygen atoms in total. The molecule has 0 amide bonds. The van der Waals surface area contributed by atoms with Crippen LogP contribution in [0.4, 0.5) is 0 Å². The summed E-state index contributed by atoms with van der Waals surface area (Å²) in [5.74, 6) is 1.97. The number of para-hydroxylation sites is 1. The Labute approximate surface area is 292 Å². The normalized spacial score (nSPS) is 12.0. The van der Waals surface area contributed by atoms with E-state index >= 15 is 0 Å². The molecule has 0 saturated carbocycles. The van der Waals surface area contributed by atoms with Crippen molar-refractivity contribution >= 4 is 54.8 Å². The van der Waals surface area contributed by atoms with Gasteiger partial charge in [-0.15, -0.1) is 12.1 Å². The summed E-state index contributed by atoms with van der Waals surface area (Å²) in [5, 5.41) is 6.10. The number of pyridine rings is 3. The van der Waals surface area contributed by atoms with Crippen LogP contribution in [0, 0.1) is 12.1 Å². The van der Waals surface area contributed by atoms with E-state index < -0.39 is 0 Å². The molecule has 48 heavy (non-hydrogen) atoms.